The maximum absolute atomic E-state index is 5.58. The highest BCUT2D eigenvalue weighted by Gasteiger charge is 2.30. The third-order valence-electron chi connectivity index (χ3n) is 2.15. The van der Waals surface area contributed by atoms with Crippen LogP contribution in [0, 0.1) is 0 Å². The van der Waals surface area contributed by atoms with E-state index in [0.29, 0.717) is 0 Å². The summed E-state index contributed by atoms with van der Waals surface area (Å²) < 4.78 is 16.1. The zero-order chi connectivity index (χ0) is 9.80. The first-order chi connectivity index (χ1) is 6.90. The van der Waals surface area contributed by atoms with Crippen molar-refractivity contribution in [2.75, 3.05) is 13.7 Å². The summed E-state index contributed by atoms with van der Waals surface area (Å²) in [5, 5.41) is 0. The number of para-hydroxylation sites is 2. The first-order valence-electron chi connectivity index (χ1n) is 4.81. The fraction of sp³-hybridized carbons (Fsp3) is 0.400. The Labute approximate surface area is 84.1 Å². The van der Waals surface area contributed by atoms with Crippen molar-refractivity contribution < 1.29 is 14.0 Å². The van der Waals surface area contributed by atoms with Gasteiger partial charge >= 0.3 is 7.12 Å². The number of rotatable bonds is 4. The van der Waals surface area contributed by atoms with Gasteiger partial charge in [-0.15, -0.1) is 0 Å². The number of methoxy groups -OCH3 is 1. The van der Waals surface area contributed by atoms with Crippen molar-refractivity contribution in [3.05, 3.63) is 24.3 Å². The molecule has 0 N–H and O–H groups in total. The first kappa shape index (κ1) is 9.40. The molecule has 0 spiro atoms. The topological polar surface area (TPSA) is 27.7 Å². The summed E-state index contributed by atoms with van der Waals surface area (Å²) in [4.78, 5) is 0. The second-order valence-electron chi connectivity index (χ2n) is 3.25. The molecule has 1 aliphatic heterocycles. The molecule has 1 heterocycles. The van der Waals surface area contributed by atoms with E-state index in [1.165, 1.54) is 0 Å². The van der Waals surface area contributed by atoms with E-state index in [9.17, 15) is 0 Å². The van der Waals surface area contributed by atoms with Crippen LogP contribution < -0.4 is 9.31 Å². The molecule has 0 aliphatic carbocycles. The molecule has 0 amide bonds. The lowest BCUT2D eigenvalue weighted by molar-refractivity contribution is 0.197. The molecule has 0 saturated heterocycles. The Balaban J connectivity index is 1.86. The van der Waals surface area contributed by atoms with Gasteiger partial charge in [0.15, 0.2) is 0 Å². The monoisotopic (exact) mass is 192 g/mol. The quantitative estimate of drug-likeness (QED) is 0.539. The SMILES string of the molecule is COCCCB1Oc2ccccc2O1. The summed E-state index contributed by atoms with van der Waals surface area (Å²) in [6.45, 7) is 0.750. The Morgan fingerprint density at radius 3 is 2.43 bits per heavy atom. The van der Waals surface area contributed by atoms with Gasteiger partial charge in [-0.05, 0) is 18.6 Å². The van der Waals surface area contributed by atoms with E-state index in [-0.39, 0.29) is 7.12 Å². The highest BCUT2D eigenvalue weighted by atomic mass is 16.6. The highest BCUT2D eigenvalue weighted by molar-refractivity contribution is 6.47. The number of hydrogen-bond donors (Lipinski definition) is 0. The average Bonchev–Trinajstić information content (AvgIpc) is 2.60. The fourth-order valence-electron chi connectivity index (χ4n) is 1.46. The lowest BCUT2D eigenvalue weighted by Gasteiger charge is -2.03. The molecule has 1 aliphatic rings. The zero-order valence-corrected chi connectivity index (χ0v) is 8.23. The summed E-state index contributed by atoms with van der Waals surface area (Å²) in [5.41, 5.74) is 0. The van der Waals surface area contributed by atoms with Gasteiger partial charge in [0.1, 0.15) is 11.5 Å². The second-order valence-corrected chi connectivity index (χ2v) is 3.25. The van der Waals surface area contributed by atoms with Crippen molar-refractivity contribution in [3.8, 4) is 11.5 Å². The van der Waals surface area contributed by atoms with Gasteiger partial charge in [-0.25, -0.2) is 0 Å². The zero-order valence-electron chi connectivity index (χ0n) is 8.23. The number of ether oxygens (including phenoxy) is 1. The minimum Gasteiger partial charge on any atom is -0.523 e. The van der Waals surface area contributed by atoms with Gasteiger partial charge < -0.3 is 14.0 Å². The summed E-state index contributed by atoms with van der Waals surface area (Å²) >= 11 is 0. The van der Waals surface area contributed by atoms with Crippen LogP contribution in [0.3, 0.4) is 0 Å². The van der Waals surface area contributed by atoms with Crippen molar-refractivity contribution in [1.29, 1.82) is 0 Å². The van der Waals surface area contributed by atoms with E-state index in [0.717, 1.165) is 30.8 Å². The van der Waals surface area contributed by atoms with E-state index < -0.39 is 0 Å². The van der Waals surface area contributed by atoms with Crippen LogP contribution >= 0.6 is 0 Å². The van der Waals surface area contributed by atoms with Crippen LogP contribution in [0.5, 0.6) is 11.5 Å². The summed E-state index contributed by atoms with van der Waals surface area (Å²) in [6, 6.07) is 7.73. The third kappa shape index (κ3) is 2.01. The van der Waals surface area contributed by atoms with Crippen LogP contribution in [0.2, 0.25) is 6.32 Å². The van der Waals surface area contributed by atoms with Crippen LogP contribution in [-0.4, -0.2) is 20.8 Å². The molecule has 2 rings (SSSR count). The van der Waals surface area contributed by atoms with Crippen molar-refractivity contribution in [3.63, 3.8) is 0 Å². The summed E-state index contributed by atoms with van der Waals surface area (Å²) in [6.07, 6.45) is 1.82. The number of fused-ring (bicyclic) bond motifs is 1. The van der Waals surface area contributed by atoms with Gasteiger partial charge in [-0.3, -0.25) is 0 Å². The van der Waals surface area contributed by atoms with Crippen LogP contribution in [-0.2, 0) is 4.74 Å². The smallest absolute Gasteiger partial charge is 0.523 e. The Hall–Kier alpha value is -1.16. The molecule has 3 nitrogen and oxygen atoms in total. The molecule has 0 bridgehead atoms. The van der Waals surface area contributed by atoms with E-state index >= 15 is 0 Å². The van der Waals surface area contributed by atoms with Crippen LogP contribution in [0.15, 0.2) is 24.3 Å². The van der Waals surface area contributed by atoms with Gasteiger partial charge in [0.05, 0.1) is 0 Å². The van der Waals surface area contributed by atoms with Gasteiger partial charge in [-0.1, -0.05) is 12.1 Å². The maximum Gasteiger partial charge on any atom is 0.594 e. The molecular weight excluding hydrogens is 179 g/mol. The van der Waals surface area contributed by atoms with Crippen LogP contribution in [0.4, 0.5) is 0 Å². The van der Waals surface area contributed by atoms with Gasteiger partial charge in [0, 0.05) is 20.0 Å². The lowest BCUT2D eigenvalue weighted by atomic mass is 9.83. The molecule has 1 aromatic rings. The van der Waals surface area contributed by atoms with E-state index in [2.05, 4.69) is 0 Å². The third-order valence-corrected chi connectivity index (χ3v) is 2.15. The van der Waals surface area contributed by atoms with Crippen molar-refractivity contribution in [1.82, 2.24) is 0 Å². The number of hydrogen-bond acceptors (Lipinski definition) is 3. The average molecular weight is 192 g/mol. The van der Waals surface area contributed by atoms with Crippen molar-refractivity contribution >= 4 is 7.12 Å². The largest absolute Gasteiger partial charge is 0.594 e. The standard InChI is InChI=1S/C10H13BO3/c1-12-8-4-7-11-13-9-5-2-3-6-10(9)14-11/h2-3,5-6H,4,7-8H2,1H3. The van der Waals surface area contributed by atoms with E-state index in [1.54, 1.807) is 7.11 Å². The predicted octanol–water partition coefficient (Wildman–Crippen LogP) is 1.98. The lowest BCUT2D eigenvalue weighted by Crippen LogP contribution is -2.24. The molecule has 1 aromatic carbocycles. The van der Waals surface area contributed by atoms with Crippen molar-refractivity contribution in [2.45, 2.75) is 12.7 Å². The second kappa shape index (κ2) is 4.37. The van der Waals surface area contributed by atoms with Gasteiger partial charge in [0.25, 0.3) is 0 Å². The normalized spacial score (nSPS) is 13.4. The molecule has 0 saturated carbocycles. The minimum absolute atomic E-state index is 0.137. The molecule has 74 valence electrons. The van der Waals surface area contributed by atoms with Crippen molar-refractivity contribution in [2.24, 2.45) is 0 Å². The first-order valence-corrected chi connectivity index (χ1v) is 4.81. The predicted molar refractivity (Wildman–Crippen MR) is 54.8 cm³/mol. The highest BCUT2D eigenvalue weighted by Crippen LogP contribution is 2.33. The molecule has 0 atom stereocenters. The van der Waals surface area contributed by atoms with E-state index in [1.807, 2.05) is 24.3 Å². The molecule has 0 aromatic heterocycles. The molecule has 0 fully saturated rings. The molecule has 0 radical (unpaired) electrons. The Morgan fingerprint density at radius 2 is 1.86 bits per heavy atom. The fourth-order valence-corrected chi connectivity index (χ4v) is 1.46. The van der Waals surface area contributed by atoms with Crippen LogP contribution in [0.25, 0.3) is 0 Å². The van der Waals surface area contributed by atoms with E-state index in [4.69, 9.17) is 14.0 Å². The number of benzene rings is 1. The summed E-state index contributed by atoms with van der Waals surface area (Å²) in [5.74, 6) is 1.69. The van der Waals surface area contributed by atoms with Gasteiger partial charge in [0.2, 0.25) is 0 Å². The minimum atomic E-state index is -0.137. The maximum atomic E-state index is 5.58. The molecule has 4 heteroatoms. The Kier molecular flexibility index (Phi) is 2.94. The molecule has 0 unspecified atom stereocenters. The molecular formula is C10H13BO3. The Morgan fingerprint density at radius 1 is 1.21 bits per heavy atom. The van der Waals surface area contributed by atoms with Gasteiger partial charge in [-0.2, -0.15) is 0 Å². The molecule has 14 heavy (non-hydrogen) atoms. The summed E-state index contributed by atoms with van der Waals surface area (Å²) in [7, 11) is 1.56. The Bertz CT molecular complexity index is 278. The van der Waals surface area contributed by atoms with Crippen LogP contribution in [0.1, 0.15) is 6.42 Å².